The highest BCUT2D eigenvalue weighted by molar-refractivity contribution is 7.98. The molecule has 0 saturated carbocycles. The highest BCUT2D eigenvalue weighted by Crippen LogP contribution is 2.20. The van der Waals surface area contributed by atoms with Gasteiger partial charge in [0, 0.05) is 11.1 Å². The van der Waals surface area contributed by atoms with Crippen LogP contribution in [0.4, 0.5) is 5.82 Å². The number of rotatable bonds is 4. The van der Waals surface area contributed by atoms with Gasteiger partial charge < -0.3 is 9.73 Å². The first kappa shape index (κ1) is 11.1. The Morgan fingerprint density at radius 1 is 1.38 bits per heavy atom. The fraction of sp³-hybridized carbons (Fsp3) is 0.250. The van der Waals surface area contributed by atoms with Crippen molar-refractivity contribution in [3.05, 3.63) is 42.5 Å². The molecule has 1 N–H and O–H groups in total. The van der Waals surface area contributed by atoms with Gasteiger partial charge >= 0.3 is 0 Å². The molecule has 0 aliphatic carbocycles. The van der Waals surface area contributed by atoms with Gasteiger partial charge in [-0.2, -0.15) is 0 Å². The number of furan rings is 1. The minimum absolute atomic E-state index is 0.127. The highest BCUT2D eigenvalue weighted by atomic mass is 32.2. The maximum atomic E-state index is 5.32. The Balaban J connectivity index is 2.03. The Bertz CT molecular complexity index is 425. The molecule has 2 aromatic rings. The van der Waals surface area contributed by atoms with E-state index in [1.807, 2.05) is 37.6 Å². The second-order valence-electron chi connectivity index (χ2n) is 3.46. The molecule has 0 bridgehead atoms. The first-order valence-corrected chi connectivity index (χ1v) is 6.32. The Labute approximate surface area is 99.3 Å². The maximum absolute atomic E-state index is 5.32. The monoisotopic (exact) mass is 234 g/mol. The lowest BCUT2D eigenvalue weighted by atomic mass is 10.2. The largest absolute Gasteiger partial charge is 0.467 e. The lowest BCUT2D eigenvalue weighted by Gasteiger charge is -2.11. The average molecular weight is 234 g/mol. The number of nitrogens with one attached hydrogen (secondary N) is 1. The van der Waals surface area contributed by atoms with Gasteiger partial charge in [-0.3, -0.25) is 0 Å². The molecule has 0 fully saturated rings. The summed E-state index contributed by atoms with van der Waals surface area (Å²) in [5.74, 6) is 1.78. The molecular weight excluding hydrogens is 220 g/mol. The molecule has 0 amide bonds. The second kappa shape index (κ2) is 5.07. The number of aromatic nitrogens is 1. The zero-order valence-corrected chi connectivity index (χ0v) is 10.1. The summed E-state index contributed by atoms with van der Waals surface area (Å²) < 4.78 is 5.32. The molecule has 1 atom stereocenters. The molecule has 16 heavy (non-hydrogen) atoms. The zero-order valence-electron chi connectivity index (χ0n) is 9.31. The minimum atomic E-state index is 0.127. The van der Waals surface area contributed by atoms with Gasteiger partial charge in [-0.25, -0.2) is 4.98 Å². The predicted molar refractivity (Wildman–Crippen MR) is 66.8 cm³/mol. The van der Waals surface area contributed by atoms with Gasteiger partial charge in [0.25, 0.3) is 0 Å². The van der Waals surface area contributed by atoms with E-state index in [0.29, 0.717) is 0 Å². The summed E-state index contributed by atoms with van der Waals surface area (Å²) in [6, 6.07) is 7.99. The van der Waals surface area contributed by atoms with Crippen molar-refractivity contribution < 1.29 is 4.42 Å². The molecule has 0 aliphatic rings. The fourth-order valence-electron chi connectivity index (χ4n) is 1.42. The van der Waals surface area contributed by atoms with Crippen LogP contribution in [0.25, 0.3) is 0 Å². The third-order valence-corrected chi connectivity index (χ3v) is 3.02. The Kier molecular flexibility index (Phi) is 3.51. The molecule has 0 radical (unpaired) electrons. The quantitative estimate of drug-likeness (QED) is 0.821. The van der Waals surface area contributed by atoms with Crippen LogP contribution in [0.3, 0.4) is 0 Å². The molecule has 3 nitrogen and oxygen atoms in total. The minimum Gasteiger partial charge on any atom is -0.467 e. The normalized spacial score (nSPS) is 12.4. The highest BCUT2D eigenvalue weighted by Gasteiger charge is 2.07. The van der Waals surface area contributed by atoms with Crippen LogP contribution in [0.5, 0.6) is 0 Å². The summed E-state index contributed by atoms with van der Waals surface area (Å²) in [6.07, 6.45) is 5.58. The summed E-state index contributed by atoms with van der Waals surface area (Å²) in [5, 5.41) is 3.28. The van der Waals surface area contributed by atoms with Gasteiger partial charge in [0.2, 0.25) is 0 Å². The molecule has 0 spiro atoms. The van der Waals surface area contributed by atoms with Crippen LogP contribution in [0.15, 0.2) is 46.0 Å². The van der Waals surface area contributed by atoms with E-state index in [-0.39, 0.29) is 6.04 Å². The van der Waals surface area contributed by atoms with Crippen molar-refractivity contribution >= 4 is 17.6 Å². The number of anilines is 1. The van der Waals surface area contributed by atoms with Crippen molar-refractivity contribution in [2.75, 3.05) is 11.6 Å². The predicted octanol–water partition coefficient (Wildman–Crippen LogP) is 3.57. The Morgan fingerprint density at radius 2 is 2.25 bits per heavy atom. The summed E-state index contributed by atoms with van der Waals surface area (Å²) in [7, 11) is 0. The Morgan fingerprint density at radius 3 is 2.81 bits per heavy atom. The molecule has 2 rings (SSSR count). The van der Waals surface area contributed by atoms with E-state index >= 15 is 0 Å². The molecule has 2 aromatic heterocycles. The number of thioether (sulfide) groups is 1. The maximum Gasteiger partial charge on any atom is 0.126 e. The third-order valence-electron chi connectivity index (χ3n) is 2.31. The molecule has 1 unspecified atom stereocenters. The topological polar surface area (TPSA) is 38.1 Å². The van der Waals surface area contributed by atoms with Gasteiger partial charge in [-0.05, 0) is 37.4 Å². The molecule has 2 heterocycles. The van der Waals surface area contributed by atoms with E-state index in [1.165, 1.54) is 0 Å². The zero-order chi connectivity index (χ0) is 11.4. The van der Waals surface area contributed by atoms with Crippen molar-refractivity contribution in [1.29, 1.82) is 0 Å². The van der Waals surface area contributed by atoms with Crippen LogP contribution >= 0.6 is 11.8 Å². The van der Waals surface area contributed by atoms with Crippen LogP contribution in [-0.4, -0.2) is 11.2 Å². The summed E-state index contributed by atoms with van der Waals surface area (Å²) in [5.41, 5.74) is 0. The molecule has 0 aromatic carbocycles. The van der Waals surface area contributed by atoms with Gasteiger partial charge in [-0.15, -0.1) is 11.8 Å². The third kappa shape index (κ3) is 2.58. The van der Waals surface area contributed by atoms with Crippen molar-refractivity contribution in [3.8, 4) is 0 Å². The number of pyridine rings is 1. The van der Waals surface area contributed by atoms with Gasteiger partial charge in [0.15, 0.2) is 0 Å². The van der Waals surface area contributed by atoms with Gasteiger partial charge in [0.1, 0.15) is 11.6 Å². The lowest BCUT2D eigenvalue weighted by Crippen LogP contribution is -2.06. The molecule has 0 saturated heterocycles. The average Bonchev–Trinajstić information content (AvgIpc) is 2.83. The van der Waals surface area contributed by atoms with Crippen LogP contribution < -0.4 is 5.32 Å². The first-order valence-electron chi connectivity index (χ1n) is 5.09. The standard InChI is InChI=1S/C12H14N2OS/c1-9(11-4-3-7-15-11)14-12-6-5-10(16-2)8-13-12/h3-9H,1-2H3,(H,13,14). The molecule has 0 aliphatic heterocycles. The van der Waals surface area contributed by atoms with E-state index in [1.54, 1.807) is 18.0 Å². The number of nitrogens with zero attached hydrogens (tertiary/aromatic N) is 1. The molecule has 84 valence electrons. The summed E-state index contributed by atoms with van der Waals surface area (Å²) >= 11 is 1.69. The number of hydrogen-bond acceptors (Lipinski definition) is 4. The van der Waals surface area contributed by atoms with E-state index in [4.69, 9.17) is 4.42 Å². The van der Waals surface area contributed by atoms with Crippen molar-refractivity contribution in [3.63, 3.8) is 0 Å². The smallest absolute Gasteiger partial charge is 0.126 e. The lowest BCUT2D eigenvalue weighted by molar-refractivity contribution is 0.490. The summed E-state index contributed by atoms with van der Waals surface area (Å²) in [4.78, 5) is 5.49. The summed E-state index contributed by atoms with van der Waals surface area (Å²) in [6.45, 7) is 2.04. The van der Waals surface area contributed by atoms with Crippen molar-refractivity contribution in [2.24, 2.45) is 0 Å². The molecular formula is C12H14N2OS. The fourth-order valence-corrected chi connectivity index (χ4v) is 1.78. The van der Waals surface area contributed by atoms with Crippen LogP contribution in [0.1, 0.15) is 18.7 Å². The van der Waals surface area contributed by atoms with Crippen LogP contribution in [-0.2, 0) is 0 Å². The first-order chi connectivity index (χ1) is 7.79. The second-order valence-corrected chi connectivity index (χ2v) is 4.34. The SMILES string of the molecule is CSc1ccc(NC(C)c2ccco2)nc1. The van der Waals surface area contributed by atoms with Crippen LogP contribution in [0.2, 0.25) is 0 Å². The molecule has 4 heteroatoms. The van der Waals surface area contributed by atoms with E-state index < -0.39 is 0 Å². The number of hydrogen-bond donors (Lipinski definition) is 1. The van der Waals surface area contributed by atoms with Gasteiger partial charge in [-0.1, -0.05) is 0 Å². The van der Waals surface area contributed by atoms with Crippen LogP contribution in [0, 0.1) is 0 Å². The Hall–Kier alpha value is -1.42. The van der Waals surface area contributed by atoms with E-state index in [0.717, 1.165) is 16.5 Å². The van der Waals surface area contributed by atoms with Gasteiger partial charge in [0.05, 0.1) is 12.3 Å². The van der Waals surface area contributed by atoms with E-state index in [9.17, 15) is 0 Å². The van der Waals surface area contributed by atoms with Crippen molar-refractivity contribution in [1.82, 2.24) is 4.98 Å². The van der Waals surface area contributed by atoms with Crippen molar-refractivity contribution in [2.45, 2.75) is 17.9 Å². The van der Waals surface area contributed by atoms with E-state index in [2.05, 4.69) is 16.4 Å².